The molecule has 0 radical (unpaired) electrons. The van der Waals surface area contributed by atoms with E-state index < -0.39 is 10.0 Å². The van der Waals surface area contributed by atoms with E-state index >= 15 is 0 Å². The van der Waals surface area contributed by atoms with Gasteiger partial charge in [0.25, 0.3) is 10.0 Å². The monoisotopic (exact) mass is 498 g/mol. The first-order valence-corrected chi connectivity index (χ1v) is 12.9. The molecule has 0 spiro atoms. The van der Waals surface area contributed by atoms with E-state index in [4.69, 9.17) is 27.9 Å². The summed E-state index contributed by atoms with van der Waals surface area (Å²) in [5, 5.41) is 4.03. The standard InChI is InChI=1S/C23H28Cl2N2O4S/c1-3-31-22(28)12-6-4-5-9-13-26-23-16-10-7-8-11-20(16)27(2)32(29,30)21-15-19(25)18(24)14-17(21)23/h7-8,10-11,14-15,23,26H,3-6,9,12-13H2,1-2H3. The fraction of sp³-hybridized carbons (Fsp3) is 0.435. The highest BCUT2D eigenvalue weighted by atomic mass is 35.5. The quantitative estimate of drug-likeness (QED) is 0.373. The lowest BCUT2D eigenvalue weighted by atomic mass is 9.96. The number of ether oxygens (including phenoxy) is 1. The number of unbranched alkanes of at least 4 members (excludes halogenated alkanes) is 3. The molecule has 0 saturated carbocycles. The molecular weight excluding hydrogens is 471 g/mol. The van der Waals surface area contributed by atoms with Gasteiger partial charge in [-0.25, -0.2) is 8.42 Å². The second-order valence-electron chi connectivity index (χ2n) is 7.69. The average Bonchev–Trinajstić information content (AvgIpc) is 2.82. The summed E-state index contributed by atoms with van der Waals surface area (Å²) in [5.41, 5.74) is 2.06. The van der Waals surface area contributed by atoms with Crippen molar-refractivity contribution in [3.05, 3.63) is 57.6 Å². The van der Waals surface area contributed by atoms with E-state index in [-0.39, 0.29) is 21.9 Å². The maximum atomic E-state index is 13.3. The van der Waals surface area contributed by atoms with Crippen LogP contribution >= 0.6 is 23.2 Å². The van der Waals surface area contributed by atoms with Gasteiger partial charge in [-0.05, 0) is 55.6 Å². The number of fused-ring (bicyclic) bond motifs is 2. The molecule has 32 heavy (non-hydrogen) atoms. The number of sulfonamides is 1. The van der Waals surface area contributed by atoms with E-state index in [9.17, 15) is 13.2 Å². The van der Waals surface area contributed by atoms with Gasteiger partial charge >= 0.3 is 5.97 Å². The van der Waals surface area contributed by atoms with Crippen LogP contribution in [0.4, 0.5) is 5.69 Å². The lowest BCUT2D eigenvalue weighted by Gasteiger charge is -2.22. The van der Waals surface area contributed by atoms with Crippen LogP contribution in [0.1, 0.15) is 56.2 Å². The molecule has 3 rings (SSSR count). The van der Waals surface area contributed by atoms with Crippen molar-refractivity contribution >= 4 is 44.9 Å². The van der Waals surface area contributed by atoms with Crippen molar-refractivity contribution in [1.29, 1.82) is 0 Å². The van der Waals surface area contributed by atoms with Gasteiger partial charge in [-0.1, -0.05) is 54.2 Å². The molecule has 0 amide bonds. The number of para-hydroxylation sites is 1. The van der Waals surface area contributed by atoms with Gasteiger partial charge in [-0.3, -0.25) is 9.10 Å². The van der Waals surface area contributed by atoms with E-state index in [1.54, 1.807) is 26.1 Å². The van der Waals surface area contributed by atoms with Gasteiger partial charge in [0.1, 0.15) is 0 Å². The number of esters is 1. The van der Waals surface area contributed by atoms with Crippen molar-refractivity contribution in [2.45, 2.75) is 50.0 Å². The van der Waals surface area contributed by atoms with Gasteiger partial charge in [0.15, 0.2) is 0 Å². The zero-order chi connectivity index (χ0) is 23.3. The lowest BCUT2D eigenvalue weighted by molar-refractivity contribution is -0.143. The Morgan fingerprint density at radius 2 is 1.75 bits per heavy atom. The molecule has 2 aromatic rings. The van der Waals surface area contributed by atoms with Crippen LogP contribution in [0.3, 0.4) is 0 Å². The van der Waals surface area contributed by atoms with E-state index in [1.807, 2.05) is 18.2 Å². The minimum Gasteiger partial charge on any atom is -0.466 e. The third kappa shape index (κ3) is 5.39. The molecule has 6 nitrogen and oxygen atoms in total. The minimum absolute atomic E-state index is 0.150. The number of nitrogens with zero attached hydrogens (tertiary/aromatic N) is 1. The van der Waals surface area contributed by atoms with Gasteiger partial charge in [-0.2, -0.15) is 0 Å². The summed E-state index contributed by atoms with van der Waals surface area (Å²) in [6.45, 7) is 2.90. The van der Waals surface area contributed by atoms with Crippen molar-refractivity contribution < 1.29 is 17.9 Å². The Hall–Kier alpha value is -1.80. The average molecular weight is 499 g/mol. The molecule has 0 saturated heterocycles. The first-order valence-electron chi connectivity index (χ1n) is 10.7. The molecule has 2 aromatic carbocycles. The third-order valence-corrected chi connectivity index (χ3v) is 8.10. The number of benzene rings is 2. The fourth-order valence-electron chi connectivity index (χ4n) is 3.90. The van der Waals surface area contributed by atoms with Gasteiger partial charge in [0.05, 0.1) is 33.3 Å². The van der Waals surface area contributed by atoms with Gasteiger partial charge in [0, 0.05) is 13.5 Å². The second kappa shape index (κ2) is 10.9. The fourth-order valence-corrected chi connectivity index (χ4v) is 5.77. The molecular formula is C23H28Cl2N2O4S. The van der Waals surface area contributed by atoms with Crippen molar-refractivity contribution in [2.75, 3.05) is 24.5 Å². The molecule has 1 N–H and O–H groups in total. The van der Waals surface area contributed by atoms with Crippen LogP contribution in [0.2, 0.25) is 10.0 Å². The van der Waals surface area contributed by atoms with Crippen LogP contribution in [0, 0.1) is 0 Å². The number of halogens is 2. The number of rotatable bonds is 9. The molecule has 0 bridgehead atoms. The van der Waals surface area contributed by atoms with Crippen LogP contribution in [0.5, 0.6) is 0 Å². The normalized spacial score (nSPS) is 16.8. The zero-order valence-corrected chi connectivity index (χ0v) is 20.6. The van der Waals surface area contributed by atoms with E-state index in [0.29, 0.717) is 35.8 Å². The van der Waals surface area contributed by atoms with Crippen molar-refractivity contribution in [3.8, 4) is 0 Å². The number of carbonyl (C=O) groups excluding carboxylic acids is 1. The van der Waals surface area contributed by atoms with Crippen molar-refractivity contribution in [1.82, 2.24) is 5.32 Å². The van der Waals surface area contributed by atoms with Crippen LogP contribution in [-0.2, 0) is 19.6 Å². The molecule has 1 aliphatic heterocycles. The maximum Gasteiger partial charge on any atom is 0.305 e. The molecule has 174 valence electrons. The number of nitrogens with one attached hydrogen (secondary N) is 1. The molecule has 1 unspecified atom stereocenters. The van der Waals surface area contributed by atoms with Crippen LogP contribution in [0.15, 0.2) is 41.3 Å². The first kappa shape index (κ1) is 24.8. The molecule has 9 heteroatoms. The van der Waals surface area contributed by atoms with E-state index in [2.05, 4.69) is 5.32 Å². The van der Waals surface area contributed by atoms with E-state index in [0.717, 1.165) is 31.2 Å². The summed E-state index contributed by atoms with van der Waals surface area (Å²) in [4.78, 5) is 11.6. The van der Waals surface area contributed by atoms with Crippen LogP contribution in [-0.4, -0.2) is 34.6 Å². The number of anilines is 1. The highest BCUT2D eigenvalue weighted by Crippen LogP contribution is 2.42. The summed E-state index contributed by atoms with van der Waals surface area (Å²) in [6.07, 6.45) is 4.00. The number of hydrogen-bond acceptors (Lipinski definition) is 5. The predicted molar refractivity (Wildman–Crippen MR) is 128 cm³/mol. The van der Waals surface area contributed by atoms with Gasteiger partial charge in [0.2, 0.25) is 0 Å². The Morgan fingerprint density at radius 1 is 1.06 bits per heavy atom. The topological polar surface area (TPSA) is 75.7 Å². The van der Waals surface area contributed by atoms with Gasteiger partial charge < -0.3 is 10.1 Å². The highest BCUT2D eigenvalue weighted by Gasteiger charge is 2.35. The Balaban J connectivity index is 1.78. The summed E-state index contributed by atoms with van der Waals surface area (Å²) in [6, 6.07) is 10.2. The van der Waals surface area contributed by atoms with Gasteiger partial charge in [-0.15, -0.1) is 0 Å². The van der Waals surface area contributed by atoms with Crippen molar-refractivity contribution in [2.24, 2.45) is 0 Å². The van der Waals surface area contributed by atoms with E-state index in [1.165, 1.54) is 10.4 Å². The minimum atomic E-state index is -3.79. The molecule has 0 aliphatic carbocycles. The third-order valence-electron chi connectivity index (χ3n) is 5.55. The Morgan fingerprint density at radius 3 is 2.50 bits per heavy atom. The molecule has 1 atom stereocenters. The number of carbonyl (C=O) groups is 1. The van der Waals surface area contributed by atoms with Crippen molar-refractivity contribution in [3.63, 3.8) is 0 Å². The summed E-state index contributed by atoms with van der Waals surface area (Å²) in [5.74, 6) is -0.154. The molecule has 0 aromatic heterocycles. The largest absolute Gasteiger partial charge is 0.466 e. The summed E-state index contributed by atoms with van der Waals surface area (Å²) in [7, 11) is -2.24. The first-order chi connectivity index (χ1) is 15.3. The summed E-state index contributed by atoms with van der Waals surface area (Å²) >= 11 is 12.5. The molecule has 1 heterocycles. The Bertz CT molecular complexity index is 1080. The molecule has 0 fully saturated rings. The van der Waals surface area contributed by atoms with Crippen LogP contribution in [0.25, 0.3) is 0 Å². The summed E-state index contributed by atoms with van der Waals surface area (Å²) < 4.78 is 32.8. The SMILES string of the molecule is CCOC(=O)CCCCCCNC1c2ccccc2N(C)S(=O)(=O)c2cc(Cl)c(Cl)cc21. The maximum absolute atomic E-state index is 13.3. The number of hydrogen-bond donors (Lipinski definition) is 1. The Labute approximate surface area is 199 Å². The highest BCUT2D eigenvalue weighted by molar-refractivity contribution is 7.92. The lowest BCUT2D eigenvalue weighted by Crippen LogP contribution is -2.26. The van der Waals surface area contributed by atoms with Crippen LogP contribution < -0.4 is 9.62 Å². The zero-order valence-electron chi connectivity index (χ0n) is 18.2. The predicted octanol–water partition coefficient (Wildman–Crippen LogP) is 5.32. The Kier molecular flexibility index (Phi) is 8.44. The second-order valence-corrected chi connectivity index (χ2v) is 10.4. The molecule has 1 aliphatic rings. The smallest absolute Gasteiger partial charge is 0.305 e.